The average Bonchev–Trinajstić information content (AvgIpc) is 2.68. The van der Waals surface area contributed by atoms with Gasteiger partial charge in [-0.1, -0.05) is 80.4 Å². The van der Waals surface area contributed by atoms with E-state index in [0.717, 1.165) is 12.8 Å². The molecule has 0 fully saturated rings. The maximum absolute atomic E-state index is 12.4. The number of alkyl halides is 3. The standard InChI is InChI=1S/C23H27F3O2/c1-2-11-20(28-22(27)23(24,25)26)16-9-10-17-21(18-12-5-3-6-13-18)19-14-7-4-8-15-19/h3-8,12-15,20-21H,2,9-11,16-17H2,1H3. The third-order valence-electron chi connectivity index (χ3n) is 4.79. The predicted molar refractivity (Wildman–Crippen MR) is 104 cm³/mol. The average molecular weight is 392 g/mol. The number of hydrogen-bond donors (Lipinski definition) is 0. The van der Waals surface area contributed by atoms with Crippen molar-refractivity contribution in [1.29, 1.82) is 0 Å². The first kappa shape index (κ1) is 22.0. The van der Waals surface area contributed by atoms with Gasteiger partial charge in [-0.15, -0.1) is 0 Å². The Labute approximate surface area is 164 Å². The first-order valence-corrected chi connectivity index (χ1v) is 9.79. The molecule has 0 saturated carbocycles. The van der Waals surface area contributed by atoms with E-state index in [1.54, 1.807) is 0 Å². The second-order valence-electron chi connectivity index (χ2n) is 6.97. The van der Waals surface area contributed by atoms with E-state index in [1.807, 2.05) is 43.3 Å². The highest BCUT2D eigenvalue weighted by Crippen LogP contribution is 2.30. The second kappa shape index (κ2) is 10.9. The maximum atomic E-state index is 12.4. The fraction of sp³-hybridized carbons (Fsp3) is 0.435. The number of benzene rings is 2. The lowest BCUT2D eigenvalue weighted by Crippen LogP contribution is -2.30. The van der Waals surface area contributed by atoms with Crippen molar-refractivity contribution in [2.24, 2.45) is 0 Å². The van der Waals surface area contributed by atoms with Crippen molar-refractivity contribution >= 4 is 5.97 Å². The molecule has 2 aromatic carbocycles. The van der Waals surface area contributed by atoms with Gasteiger partial charge in [-0.3, -0.25) is 0 Å². The highest BCUT2D eigenvalue weighted by Gasteiger charge is 2.42. The molecule has 0 amide bonds. The number of halogens is 3. The molecule has 2 rings (SSSR count). The number of rotatable bonds is 10. The van der Waals surface area contributed by atoms with Gasteiger partial charge < -0.3 is 4.74 Å². The van der Waals surface area contributed by atoms with Crippen molar-refractivity contribution in [3.8, 4) is 0 Å². The lowest BCUT2D eigenvalue weighted by molar-refractivity contribution is -0.205. The van der Waals surface area contributed by atoms with E-state index in [2.05, 4.69) is 29.0 Å². The Morgan fingerprint density at radius 3 is 1.82 bits per heavy atom. The van der Waals surface area contributed by atoms with Crippen molar-refractivity contribution < 1.29 is 22.7 Å². The molecule has 2 nitrogen and oxygen atoms in total. The van der Waals surface area contributed by atoms with Crippen LogP contribution in [-0.2, 0) is 9.53 Å². The van der Waals surface area contributed by atoms with Crippen molar-refractivity contribution in [3.05, 3.63) is 71.8 Å². The van der Waals surface area contributed by atoms with E-state index >= 15 is 0 Å². The molecular formula is C23H27F3O2. The predicted octanol–water partition coefficient (Wildman–Crippen LogP) is 6.65. The summed E-state index contributed by atoms with van der Waals surface area (Å²) in [6.07, 6.45) is -1.59. The summed E-state index contributed by atoms with van der Waals surface area (Å²) in [5, 5.41) is 0. The van der Waals surface area contributed by atoms with Gasteiger partial charge in [0, 0.05) is 5.92 Å². The quantitative estimate of drug-likeness (QED) is 0.334. The number of unbranched alkanes of at least 4 members (excludes halogenated alkanes) is 1. The molecule has 0 bridgehead atoms. The number of esters is 1. The van der Waals surface area contributed by atoms with Crippen LogP contribution in [0.25, 0.3) is 0 Å². The molecule has 0 aliphatic heterocycles. The summed E-state index contributed by atoms with van der Waals surface area (Å²) in [6.45, 7) is 1.87. The third kappa shape index (κ3) is 7.02. The monoisotopic (exact) mass is 392 g/mol. The molecule has 28 heavy (non-hydrogen) atoms. The molecule has 1 atom stereocenters. The van der Waals surface area contributed by atoms with E-state index in [4.69, 9.17) is 0 Å². The topological polar surface area (TPSA) is 26.3 Å². The Hall–Kier alpha value is -2.30. The normalized spacial score (nSPS) is 12.8. The van der Waals surface area contributed by atoms with Crippen LogP contribution in [0.1, 0.15) is 62.5 Å². The summed E-state index contributed by atoms with van der Waals surface area (Å²) >= 11 is 0. The first-order chi connectivity index (χ1) is 13.4. The van der Waals surface area contributed by atoms with Gasteiger partial charge in [0.15, 0.2) is 0 Å². The van der Waals surface area contributed by atoms with E-state index in [0.29, 0.717) is 25.7 Å². The highest BCUT2D eigenvalue weighted by atomic mass is 19.4. The minimum Gasteiger partial charge on any atom is -0.456 e. The van der Waals surface area contributed by atoms with Gasteiger partial charge in [0.25, 0.3) is 0 Å². The van der Waals surface area contributed by atoms with Crippen molar-refractivity contribution in [2.45, 2.75) is 63.6 Å². The van der Waals surface area contributed by atoms with Crippen LogP contribution in [0, 0.1) is 0 Å². The maximum Gasteiger partial charge on any atom is 0.490 e. The lowest BCUT2D eigenvalue weighted by Gasteiger charge is -2.20. The zero-order chi connectivity index (χ0) is 20.4. The van der Waals surface area contributed by atoms with Gasteiger partial charge in [-0.05, 0) is 36.8 Å². The first-order valence-electron chi connectivity index (χ1n) is 9.79. The van der Waals surface area contributed by atoms with E-state index in [-0.39, 0.29) is 5.92 Å². The zero-order valence-electron chi connectivity index (χ0n) is 16.1. The molecule has 5 heteroatoms. The summed E-state index contributed by atoms with van der Waals surface area (Å²) in [7, 11) is 0. The molecular weight excluding hydrogens is 365 g/mol. The molecule has 2 aromatic rings. The molecule has 0 heterocycles. The number of hydrogen-bond acceptors (Lipinski definition) is 2. The molecule has 0 spiro atoms. The third-order valence-corrected chi connectivity index (χ3v) is 4.79. The van der Waals surface area contributed by atoms with Gasteiger partial charge in [-0.2, -0.15) is 13.2 Å². The Bertz CT molecular complexity index is 659. The fourth-order valence-corrected chi connectivity index (χ4v) is 3.42. The summed E-state index contributed by atoms with van der Waals surface area (Å²) in [5.74, 6) is -1.85. The second-order valence-corrected chi connectivity index (χ2v) is 6.97. The fourth-order valence-electron chi connectivity index (χ4n) is 3.42. The largest absolute Gasteiger partial charge is 0.490 e. The summed E-state index contributed by atoms with van der Waals surface area (Å²) in [6, 6.07) is 20.4. The molecule has 0 aliphatic rings. The van der Waals surface area contributed by atoms with Crippen LogP contribution in [-0.4, -0.2) is 18.2 Å². The molecule has 0 saturated heterocycles. The van der Waals surface area contributed by atoms with Crippen LogP contribution < -0.4 is 0 Å². The minimum absolute atomic E-state index is 0.241. The van der Waals surface area contributed by atoms with Gasteiger partial charge in [0.1, 0.15) is 6.10 Å². The van der Waals surface area contributed by atoms with E-state index < -0.39 is 18.2 Å². The smallest absolute Gasteiger partial charge is 0.456 e. The van der Waals surface area contributed by atoms with Gasteiger partial charge in [0.05, 0.1) is 0 Å². The van der Waals surface area contributed by atoms with E-state index in [1.165, 1.54) is 11.1 Å². The molecule has 0 aromatic heterocycles. The van der Waals surface area contributed by atoms with Crippen molar-refractivity contribution in [1.82, 2.24) is 0 Å². The number of carbonyl (C=O) groups is 1. The Kier molecular flexibility index (Phi) is 8.55. The molecule has 0 radical (unpaired) electrons. The van der Waals surface area contributed by atoms with Crippen LogP contribution >= 0.6 is 0 Å². The lowest BCUT2D eigenvalue weighted by atomic mass is 9.86. The summed E-state index contributed by atoms with van der Waals surface area (Å²) in [4.78, 5) is 11.1. The van der Waals surface area contributed by atoms with Crippen LogP contribution in [0.3, 0.4) is 0 Å². The Morgan fingerprint density at radius 1 is 0.857 bits per heavy atom. The SMILES string of the molecule is CCCC(CCCCC(c1ccccc1)c1ccccc1)OC(=O)C(F)(F)F. The summed E-state index contributed by atoms with van der Waals surface area (Å²) < 4.78 is 42.0. The number of ether oxygens (including phenoxy) is 1. The minimum atomic E-state index is -4.93. The van der Waals surface area contributed by atoms with Gasteiger partial charge in [-0.25, -0.2) is 4.79 Å². The molecule has 0 N–H and O–H groups in total. The summed E-state index contributed by atoms with van der Waals surface area (Å²) in [5.41, 5.74) is 2.45. The zero-order valence-corrected chi connectivity index (χ0v) is 16.1. The van der Waals surface area contributed by atoms with Crippen LogP contribution in [0.5, 0.6) is 0 Å². The van der Waals surface area contributed by atoms with Crippen LogP contribution in [0.15, 0.2) is 60.7 Å². The van der Waals surface area contributed by atoms with Crippen molar-refractivity contribution in [2.75, 3.05) is 0 Å². The van der Waals surface area contributed by atoms with Gasteiger partial charge >= 0.3 is 12.1 Å². The molecule has 1 unspecified atom stereocenters. The molecule has 0 aliphatic carbocycles. The van der Waals surface area contributed by atoms with Gasteiger partial charge in [0.2, 0.25) is 0 Å². The Balaban J connectivity index is 1.93. The van der Waals surface area contributed by atoms with Crippen LogP contribution in [0.2, 0.25) is 0 Å². The highest BCUT2D eigenvalue weighted by molar-refractivity contribution is 5.75. The van der Waals surface area contributed by atoms with Crippen molar-refractivity contribution in [3.63, 3.8) is 0 Å². The number of carbonyl (C=O) groups excluding carboxylic acids is 1. The van der Waals surface area contributed by atoms with Crippen LogP contribution in [0.4, 0.5) is 13.2 Å². The Morgan fingerprint density at radius 2 is 1.36 bits per heavy atom. The van der Waals surface area contributed by atoms with E-state index in [9.17, 15) is 18.0 Å². The molecule has 152 valence electrons.